The Labute approximate surface area is 179 Å². The lowest BCUT2D eigenvalue weighted by atomic mass is 10.2. The molecule has 0 spiro atoms. The molecule has 158 valence electrons. The molecule has 1 aliphatic heterocycles. The number of hydrogen-bond donors (Lipinski definition) is 1. The molecule has 0 fully saturated rings. The van der Waals surface area contributed by atoms with Gasteiger partial charge >= 0.3 is 5.97 Å². The van der Waals surface area contributed by atoms with Gasteiger partial charge in [-0.3, -0.25) is 4.79 Å². The first-order valence-corrected chi connectivity index (χ1v) is 9.79. The third kappa shape index (κ3) is 4.95. The molecule has 0 radical (unpaired) electrons. The Morgan fingerprint density at radius 1 is 0.968 bits per heavy atom. The van der Waals surface area contributed by atoms with Crippen LogP contribution in [0.1, 0.15) is 22.8 Å². The second-order valence-corrected chi connectivity index (χ2v) is 6.86. The Morgan fingerprint density at radius 3 is 2.55 bits per heavy atom. The molecule has 3 aromatic carbocycles. The minimum absolute atomic E-state index is 0.188. The molecule has 0 aromatic heterocycles. The van der Waals surface area contributed by atoms with Gasteiger partial charge in [0.15, 0.2) is 17.6 Å². The highest BCUT2D eigenvalue weighted by molar-refractivity contribution is 5.94. The van der Waals surface area contributed by atoms with Crippen molar-refractivity contribution in [3.8, 4) is 23.0 Å². The van der Waals surface area contributed by atoms with Gasteiger partial charge in [-0.25, -0.2) is 4.79 Å². The number of ether oxygens (including phenoxy) is 4. The van der Waals surface area contributed by atoms with Crippen LogP contribution in [0.15, 0.2) is 72.8 Å². The maximum atomic E-state index is 12.7. The van der Waals surface area contributed by atoms with Gasteiger partial charge < -0.3 is 24.3 Å². The highest BCUT2D eigenvalue weighted by atomic mass is 16.7. The van der Waals surface area contributed by atoms with Gasteiger partial charge in [0, 0.05) is 6.54 Å². The smallest absolute Gasteiger partial charge is 0.342 e. The quantitative estimate of drug-likeness (QED) is 0.582. The summed E-state index contributed by atoms with van der Waals surface area (Å²) in [6, 6.07) is 21.3. The molecule has 1 N–H and O–H groups in total. The minimum atomic E-state index is -0.980. The molecule has 1 amide bonds. The van der Waals surface area contributed by atoms with Crippen molar-refractivity contribution in [2.45, 2.75) is 19.6 Å². The van der Waals surface area contributed by atoms with E-state index in [0.717, 1.165) is 5.56 Å². The van der Waals surface area contributed by atoms with Crippen LogP contribution >= 0.6 is 0 Å². The van der Waals surface area contributed by atoms with Gasteiger partial charge in [0.2, 0.25) is 6.79 Å². The van der Waals surface area contributed by atoms with Crippen molar-refractivity contribution in [2.24, 2.45) is 0 Å². The normalized spacial score (nSPS) is 12.7. The molecule has 4 rings (SSSR count). The maximum absolute atomic E-state index is 12.7. The molecule has 0 aliphatic carbocycles. The van der Waals surface area contributed by atoms with Crippen molar-refractivity contribution in [1.29, 1.82) is 0 Å². The SMILES string of the molecule is C[C@H](OC(=O)c1ccccc1Oc1ccccc1)C(=O)NCc1ccc2c(c1)OCO2. The van der Waals surface area contributed by atoms with Gasteiger partial charge in [0.1, 0.15) is 17.1 Å². The predicted octanol–water partition coefficient (Wildman–Crippen LogP) is 4.07. The zero-order valence-corrected chi connectivity index (χ0v) is 16.9. The highest BCUT2D eigenvalue weighted by Gasteiger charge is 2.22. The fourth-order valence-electron chi connectivity index (χ4n) is 3.00. The number of fused-ring (bicyclic) bond motifs is 1. The van der Waals surface area contributed by atoms with Crippen LogP contribution in [0.2, 0.25) is 0 Å². The second kappa shape index (κ2) is 9.21. The third-order valence-corrected chi connectivity index (χ3v) is 4.63. The Balaban J connectivity index is 1.35. The van der Waals surface area contributed by atoms with E-state index in [-0.39, 0.29) is 18.9 Å². The van der Waals surface area contributed by atoms with E-state index < -0.39 is 18.0 Å². The number of hydrogen-bond acceptors (Lipinski definition) is 6. The monoisotopic (exact) mass is 419 g/mol. The number of carbonyl (C=O) groups is 2. The lowest BCUT2D eigenvalue weighted by Gasteiger charge is -2.15. The van der Waals surface area contributed by atoms with E-state index in [9.17, 15) is 9.59 Å². The molecule has 1 atom stereocenters. The first-order chi connectivity index (χ1) is 15.1. The minimum Gasteiger partial charge on any atom is -0.456 e. The van der Waals surface area contributed by atoms with Crippen LogP contribution in [0.4, 0.5) is 0 Å². The van der Waals surface area contributed by atoms with Gasteiger partial charge in [-0.1, -0.05) is 36.4 Å². The molecule has 0 unspecified atom stereocenters. The lowest BCUT2D eigenvalue weighted by molar-refractivity contribution is -0.129. The Kier molecular flexibility index (Phi) is 6.03. The zero-order chi connectivity index (χ0) is 21.6. The summed E-state index contributed by atoms with van der Waals surface area (Å²) in [5.41, 5.74) is 1.08. The number of carbonyl (C=O) groups excluding carboxylic acids is 2. The molecular weight excluding hydrogens is 398 g/mol. The van der Waals surface area contributed by atoms with Crippen molar-refractivity contribution < 1.29 is 28.5 Å². The molecule has 1 heterocycles. The van der Waals surface area contributed by atoms with Gasteiger partial charge in [-0.05, 0) is 48.9 Å². The second-order valence-electron chi connectivity index (χ2n) is 6.86. The van der Waals surface area contributed by atoms with E-state index in [0.29, 0.717) is 23.0 Å². The van der Waals surface area contributed by atoms with E-state index >= 15 is 0 Å². The molecular formula is C24H21NO6. The average molecular weight is 419 g/mol. The van der Waals surface area contributed by atoms with Crippen molar-refractivity contribution in [1.82, 2.24) is 5.32 Å². The topological polar surface area (TPSA) is 83.1 Å². The molecule has 1 aliphatic rings. The number of para-hydroxylation sites is 2. The van der Waals surface area contributed by atoms with Crippen LogP contribution in [0, 0.1) is 0 Å². The standard InChI is InChI=1S/C24H21NO6/c1-16(23(26)25-14-17-11-12-21-22(13-17)29-15-28-21)30-24(27)19-9-5-6-10-20(19)31-18-7-3-2-4-8-18/h2-13,16H,14-15H2,1H3,(H,25,26)/t16-/m0/s1. The summed E-state index contributed by atoms with van der Waals surface area (Å²) in [6.07, 6.45) is -0.980. The molecule has 0 saturated heterocycles. The third-order valence-electron chi connectivity index (χ3n) is 4.63. The summed E-state index contributed by atoms with van der Waals surface area (Å²) in [7, 11) is 0. The lowest BCUT2D eigenvalue weighted by Crippen LogP contribution is -2.35. The largest absolute Gasteiger partial charge is 0.456 e. The summed E-state index contributed by atoms with van der Waals surface area (Å²) in [5.74, 6) is 1.21. The Hall–Kier alpha value is -4.00. The van der Waals surface area contributed by atoms with Crippen LogP contribution in [0.3, 0.4) is 0 Å². The first-order valence-electron chi connectivity index (χ1n) is 9.79. The van der Waals surface area contributed by atoms with E-state index in [1.165, 1.54) is 6.92 Å². The van der Waals surface area contributed by atoms with Crippen LogP contribution in [-0.4, -0.2) is 24.8 Å². The van der Waals surface area contributed by atoms with Gasteiger partial charge in [0.25, 0.3) is 5.91 Å². The van der Waals surface area contributed by atoms with Crippen LogP contribution in [-0.2, 0) is 16.1 Å². The molecule has 7 nitrogen and oxygen atoms in total. The summed E-state index contributed by atoms with van der Waals surface area (Å²) >= 11 is 0. The summed E-state index contributed by atoms with van der Waals surface area (Å²) in [5, 5.41) is 2.76. The van der Waals surface area contributed by atoms with Gasteiger partial charge in [-0.15, -0.1) is 0 Å². The number of esters is 1. The van der Waals surface area contributed by atoms with Crippen molar-refractivity contribution in [3.05, 3.63) is 83.9 Å². The fraction of sp³-hybridized carbons (Fsp3) is 0.167. The van der Waals surface area contributed by atoms with Crippen molar-refractivity contribution in [2.75, 3.05) is 6.79 Å². The molecule has 7 heteroatoms. The fourth-order valence-corrected chi connectivity index (χ4v) is 3.00. The average Bonchev–Trinajstić information content (AvgIpc) is 3.26. The van der Waals surface area contributed by atoms with Gasteiger partial charge in [0.05, 0.1) is 0 Å². The summed E-state index contributed by atoms with van der Waals surface area (Å²) in [4.78, 5) is 25.1. The highest BCUT2D eigenvalue weighted by Crippen LogP contribution is 2.32. The van der Waals surface area contributed by atoms with E-state index in [1.807, 2.05) is 24.3 Å². The van der Waals surface area contributed by atoms with E-state index in [1.54, 1.807) is 48.5 Å². The Morgan fingerprint density at radius 2 is 1.71 bits per heavy atom. The van der Waals surface area contributed by atoms with Crippen LogP contribution in [0.5, 0.6) is 23.0 Å². The number of rotatable bonds is 7. The predicted molar refractivity (Wildman–Crippen MR) is 112 cm³/mol. The Bertz CT molecular complexity index is 1080. The van der Waals surface area contributed by atoms with Crippen LogP contribution < -0.4 is 19.5 Å². The summed E-state index contributed by atoms with van der Waals surface area (Å²) in [6.45, 7) is 1.98. The van der Waals surface area contributed by atoms with E-state index in [4.69, 9.17) is 18.9 Å². The molecule has 0 saturated carbocycles. The van der Waals surface area contributed by atoms with Crippen molar-refractivity contribution in [3.63, 3.8) is 0 Å². The number of amides is 1. The number of benzene rings is 3. The molecule has 31 heavy (non-hydrogen) atoms. The first kappa shape index (κ1) is 20.3. The van der Waals surface area contributed by atoms with E-state index in [2.05, 4.69) is 5.32 Å². The van der Waals surface area contributed by atoms with Gasteiger partial charge in [-0.2, -0.15) is 0 Å². The van der Waals surface area contributed by atoms with Crippen LogP contribution in [0.25, 0.3) is 0 Å². The number of nitrogens with one attached hydrogen (secondary N) is 1. The molecule has 0 bridgehead atoms. The molecule has 3 aromatic rings. The zero-order valence-electron chi connectivity index (χ0n) is 16.9. The summed E-state index contributed by atoms with van der Waals surface area (Å²) < 4.78 is 21.8. The maximum Gasteiger partial charge on any atom is 0.342 e. The van der Waals surface area contributed by atoms with Crippen molar-refractivity contribution >= 4 is 11.9 Å².